The second kappa shape index (κ2) is 5.91. The largest absolute Gasteiger partial charge is 0.339 e. The summed E-state index contributed by atoms with van der Waals surface area (Å²) >= 11 is 0. The molecule has 0 aliphatic heterocycles. The Morgan fingerprint density at radius 2 is 1.95 bits per heavy atom. The maximum Gasteiger partial charge on any atom is 0.227 e. The van der Waals surface area contributed by atoms with Crippen LogP contribution in [0.5, 0.6) is 0 Å². The Morgan fingerprint density at radius 1 is 1.11 bits per heavy atom. The van der Waals surface area contributed by atoms with Crippen molar-refractivity contribution in [1.29, 1.82) is 0 Å². The third-order valence-corrected chi connectivity index (χ3v) is 3.70. The van der Waals surface area contributed by atoms with E-state index in [1.165, 1.54) is 38.5 Å². The Balaban J connectivity index is 1.68. The van der Waals surface area contributed by atoms with E-state index in [9.17, 15) is 0 Å². The van der Waals surface area contributed by atoms with Crippen LogP contribution in [-0.4, -0.2) is 20.1 Å². The highest BCUT2D eigenvalue weighted by atomic mass is 16.5. The molecular formula is C14H18N4O. The summed E-state index contributed by atoms with van der Waals surface area (Å²) in [7, 11) is 0. The van der Waals surface area contributed by atoms with E-state index < -0.39 is 0 Å². The van der Waals surface area contributed by atoms with E-state index in [0.717, 1.165) is 12.3 Å². The van der Waals surface area contributed by atoms with Crippen LogP contribution in [0.4, 0.5) is 0 Å². The molecule has 0 unspecified atom stereocenters. The molecule has 1 aliphatic carbocycles. The van der Waals surface area contributed by atoms with E-state index >= 15 is 0 Å². The van der Waals surface area contributed by atoms with Crippen LogP contribution in [-0.2, 0) is 6.42 Å². The summed E-state index contributed by atoms with van der Waals surface area (Å²) < 4.78 is 5.33. The van der Waals surface area contributed by atoms with E-state index in [1.54, 1.807) is 18.6 Å². The van der Waals surface area contributed by atoms with Gasteiger partial charge >= 0.3 is 0 Å². The molecule has 0 bridgehead atoms. The summed E-state index contributed by atoms with van der Waals surface area (Å²) in [6.45, 7) is 0. The molecule has 0 aromatic carbocycles. The molecule has 1 aliphatic rings. The van der Waals surface area contributed by atoms with Crippen molar-refractivity contribution in [3.8, 4) is 11.5 Å². The van der Waals surface area contributed by atoms with Crippen molar-refractivity contribution in [1.82, 2.24) is 20.1 Å². The summed E-state index contributed by atoms with van der Waals surface area (Å²) in [6.07, 6.45) is 13.8. The highest BCUT2D eigenvalue weighted by Gasteiger charge is 2.17. The van der Waals surface area contributed by atoms with Gasteiger partial charge in [-0.15, -0.1) is 0 Å². The maximum atomic E-state index is 5.33. The van der Waals surface area contributed by atoms with Crippen LogP contribution in [0.3, 0.4) is 0 Å². The lowest BCUT2D eigenvalue weighted by molar-refractivity contribution is 0.339. The van der Waals surface area contributed by atoms with Gasteiger partial charge in [0.05, 0.1) is 6.20 Å². The Bertz CT molecular complexity index is 503. The summed E-state index contributed by atoms with van der Waals surface area (Å²) in [6, 6.07) is 0. The molecule has 100 valence electrons. The minimum atomic E-state index is 0.539. The third-order valence-electron chi connectivity index (χ3n) is 3.70. The van der Waals surface area contributed by atoms with Crippen molar-refractivity contribution in [3.63, 3.8) is 0 Å². The molecule has 2 aromatic heterocycles. The minimum absolute atomic E-state index is 0.539. The lowest BCUT2D eigenvalue weighted by atomic mass is 9.97. The summed E-state index contributed by atoms with van der Waals surface area (Å²) in [5.41, 5.74) is 0.665. The predicted molar refractivity (Wildman–Crippen MR) is 70.2 cm³/mol. The molecule has 0 amide bonds. The van der Waals surface area contributed by atoms with Crippen molar-refractivity contribution in [2.24, 2.45) is 5.92 Å². The van der Waals surface area contributed by atoms with Gasteiger partial charge in [-0.25, -0.2) is 4.98 Å². The number of nitrogens with zero attached hydrogens (tertiary/aromatic N) is 4. The molecule has 3 rings (SSSR count). The second-order valence-electron chi connectivity index (χ2n) is 5.16. The highest BCUT2D eigenvalue weighted by Crippen LogP contribution is 2.26. The standard InChI is InChI=1S/C14H18N4O/c1-2-4-6-11(5-3-1)9-13-17-14(18-19-13)12-10-15-7-8-16-12/h7-8,10-11H,1-6,9H2. The van der Waals surface area contributed by atoms with Gasteiger partial charge in [-0.2, -0.15) is 4.98 Å². The first-order valence-corrected chi connectivity index (χ1v) is 7.01. The molecule has 0 atom stereocenters. The van der Waals surface area contributed by atoms with Crippen LogP contribution in [0, 0.1) is 5.92 Å². The molecule has 19 heavy (non-hydrogen) atoms. The molecule has 5 heteroatoms. The highest BCUT2D eigenvalue weighted by molar-refractivity contribution is 5.45. The van der Waals surface area contributed by atoms with Crippen molar-refractivity contribution in [3.05, 3.63) is 24.5 Å². The number of hydrogen-bond donors (Lipinski definition) is 0. The van der Waals surface area contributed by atoms with Crippen LogP contribution in [0.2, 0.25) is 0 Å². The molecule has 0 N–H and O–H groups in total. The van der Waals surface area contributed by atoms with Crippen LogP contribution in [0.1, 0.15) is 44.4 Å². The lowest BCUT2D eigenvalue weighted by Crippen LogP contribution is -2.03. The number of hydrogen-bond acceptors (Lipinski definition) is 5. The molecule has 0 saturated heterocycles. The Labute approximate surface area is 112 Å². The monoisotopic (exact) mass is 258 g/mol. The second-order valence-corrected chi connectivity index (χ2v) is 5.16. The molecule has 2 aromatic rings. The molecule has 0 spiro atoms. The van der Waals surface area contributed by atoms with E-state index in [4.69, 9.17) is 4.52 Å². The van der Waals surface area contributed by atoms with Gasteiger partial charge in [0.1, 0.15) is 5.69 Å². The smallest absolute Gasteiger partial charge is 0.227 e. The van der Waals surface area contributed by atoms with Crippen molar-refractivity contribution < 1.29 is 4.52 Å². The normalized spacial score (nSPS) is 17.3. The van der Waals surface area contributed by atoms with Crippen LogP contribution in [0.15, 0.2) is 23.1 Å². The van der Waals surface area contributed by atoms with Crippen molar-refractivity contribution in [2.75, 3.05) is 0 Å². The van der Waals surface area contributed by atoms with Gasteiger partial charge in [0, 0.05) is 18.8 Å². The summed E-state index contributed by atoms with van der Waals surface area (Å²) in [4.78, 5) is 12.6. The summed E-state index contributed by atoms with van der Waals surface area (Å²) in [5, 5.41) is 3.99. The quantitative estimate of drug-likeness (QED) is 0.792. The van der Waals surface area contributed by atoms with E-state index in [2.05, 4.69) is 20.1 Å². The van der Waals surface area contributed by atoms with Crippen molar-refractivity contribution >= 4 is 0 Å². The summed E-state index contributed by atoms with van der Waals surface area (Å²) in [5.74, 6) is 1.96. The Morgan fingerprint density at radius 3 is 2.68 bits per heavy atom. The molecule has 0 radical (unpaired) electrons. The van der Waals surface area contributed by atoms with E-state index in [0.29, 0.717) is 17.4 Å². The minimum Gasteiger partial charge on any atom is -0.339 e. The van der Waals surface area contributed by atoms with Crippen LogP contribution in [0.25, 0.3) is 11.5 Å². The first-order chi connectivity index (χ1) is 9.42. The lowest BCUT2D eigenvalue weighted by Gasteiger charge is -2.09. The third kappa shape index (κ3) is 3.16. The zero-order chi connectivity index (χ0) is 12.9. The fourth-order valence-electron chi connectivity index (χ4n) is 2.67. The SMILES string of the molecule is c1cnc(-c2noc(CC3CCCCCC3)n2)cn1. The molecule has 2 heterocycles. The first-order valence-electron chi connectivity index (χ1n) is 7.01. The van der Waals surface area contributed by atoms with Crippen LogP contribution < -0.4 is 0 Å². The Hall–Kier alpha value is -1.78. The number of aromatic nitrogens is 4. The fourth-order valence-corrected chi connectivity index (χ4v) is 2.67. The molecule has 1 fully saturated rings. The molecular weight excluding hydrogens is 240 g/mol. The van der Waals surface area contributed by atoms with Gasteiger partial charge in [-0.1, -0.05) is 30.8 Å². The average Bonchev–Trinajstić information content (AvgIpc) is 2.76. The maximum absolute atomic E-state index is 5.33. The van der Waals surface area contributed by atoms with Crippen LogP contribution >= 0.6 is 0 Å². The topological polar surface area (TPSA) is 64.7 Å². The predicted octanol–water partition coefficient (Wildman–Crippen LogP) is 3.04. The fraction of sp³-hybridized carbons (Fsp3) is 0.571. The zero-order valence-electron chi connectivity index (χ0n) is 11.0. The number of rotatable bonds is 3. The first kappa shape index (κ1) is 12.3. The Kier molecular flexibility index (Phi) is 3.81. The van der Waals surface area contributed by atoms with Gasteiger partial charge in [0.15, 0.2) is 0 Å². The molecule has 1 saturated carbocycles. The average molecular weight is 258 g/mol. The van der Waals surface area contributed by atoms with Gasteiger partial charge in [-0.3, -0.25) is 4.98 Å². The van der Waals surface area contributed by atoms with Gasteiger partial charge in [0.2, 0.25) is 11.7 Å². The zero-order valence-corrected chi connectivity index (χ0v) is 11.0. The van der Waals surface area contributed by atoms with E-state index in [-0.39, 0.29) is 0 Å². The molecule has 5 nitrogen and oxygen atoms in total. The van der Waals surface area contributed by atoms with E-state index in [1.807, 2.05) is 0 Å². The van der Waals surface area contributed by atoms with Gasteiger partial charge in [-0.05, 0) is 18.8 Å². The van der Waals surface area contributed by atoms with Gasteiger partial charge in [0.25, 0.3) is 0 Å². The van der Waals surface area contributed by atoms with Gasteiger partial charge < -0.3 is 4.52 Å². The van der Waals surface area contributed by atoms with Crippen molar-refractivity contribution in [2.45, 2.75) is 44.9 Å².